The van der Waals surface area contributed by atoms with Gasteiger partial charge >= 0.3 is 0 Å². The van der Waals surface area contributed by atoms with Crippen LogP contribution in [0.15, 0.2) is 23.4 Å². The van der Waals surface area contributed by atoms with E-state index >= 15 is 0 Å². The summed E-state index contributed by atoms with van der Waals surface area (Å²) in [6.07, 6.45) is 2.48. The van der Waals surface area contributed by atoms with Crippen molar-refractivity contribution >= 4 is 27.5 Å². The van der Waals surface area contributed by atoms with Gasteiger partial charge in [-0.05, 0) is 12.0 Å². The van der Waals surface area contributed by atoms with Crippen molar-refractivity contribution in [2.75, 3.05) is 0 Å². The number of nitrogens with one attached hydrogen (secondary N) is 1. The Morgan fingerprint density at radius 1 is 1.50 bits per heavy atom. The number of carbonyl (C=O) groups excluding carboxylic acids is 1. The van der Waals surface area contributed by atoms with Gasteiger partial charge in [-0.2, -0.15) is 4.72 Å². The molecule has 0 fully saturated rings. The van der Waals surface area contributed by atoms with Gasteiger partial charge in [0.25, 0.3) is 0 Å². The Labute approximate surface area is 111 Å². The third kappa shape index (κ3) is 3.41. The molecule has 0 saturated heterocycles. The van der Waals surface area contributed by atoms with Crippen LogP contribution >= 0.6 is 11.6 Å². The number of hydrogen-bond donors (Lipinski definition) is 2. The Bertz CT molecular complexity index is 545. The topological polar surface area (TPSA) is 102 Å². The van der Waals surface area contributed by atoms with Gasteiger partial charge in [0.2, 0.25) is 15.9 Å². The molecule has 18 heavy (non-hydrogen) atoms. The summed E-state index contributed by atoms with van der Waals surface area (Å²) in [5.41, 5.74) is 5.15. The van der Waals surface area contributed by atoms with Gasteiger partial charge in [0, 0.05) is 12.4 Å². The van der Waals surface area contributed by atoms with Crippen LogP contribution in [0.3, 0.4) is 0 Å². The van der Waals surface area contributed by atoms with E-state index in [0.29, 0.717) is 0 Å². The minimum absolute atomic E-state index is 0.0319. The zero-order chi connectivity index (χ0) is 13.9. The summed E-state index contributed by atoms with van der Waals surface area (Å²) in [5, 5.41) is 0.0319. The van der Waals surface area contributed by atoms with E-state index in [2.05, 4.69) is 9.71 Å². The van der Waals surface area contributed by atoms with E-state index in [1.165, 1.54) is 12.3 Å². The van der Waals surface area contributed by atoms with Gasteiger partial charge in [-0.1, -0.05) is 25.4 Å². The van der Waals surface area contributed by atoms with Crippen molar-refractivity contribution < 1.29 is 13.2 Å². The van der Waals surface area contributed by atoms with Crippen LogP contribution in [0.1, 0.15) is 13.8 Å². The quantitative estimate of drug-likeness (QED) is 0.825. The maximum atomic E-state index is 12.0. The van der Waals surface area contributed by atoms with Crippen LogP contribution in [0.25, 0.3) is 0 Å². The second-order valence-electron chi connectivity index (χ2n) is 4.05. The number of sulfonamides is 1. The Morgan fingerprint density at radius 2 is 2.11 bits per heavy atom. The van der Waals surface area contributed by atoms with E-state index in [1.807, 2.05) is 0 Å². The zero-order valence-corrected chi connectivity index (χ0v) is 11.5. The standard InChI is InChI=1S/C10H14ClN3O3S/c1-6(2)9(10(12)15)14-18(16,17)8-5-13-4-3-7(8)11/h3-6,9,14H,1-2H3,(H2,12,15). The zero-order valence-electron chi connectivity index (χ0n) is 9.92. The minimum Gasteiger partial charge on any atom is -0.368 e. The first-order chi connectivity index (χ1) is 8.25. The maximum absolute atomic E-state index is 12.0. The second kappa shape index (κ2) is 5.64. The van der Waals surface area contributed by atoms with Crippen LogP contribution in [-0.2, 0) is 14.8 Å². The van der Waals surface area contributed by atoms with E-state index in [1.54, 1.807) is 13.8 Å². The van der Waals surface area contributed by atoms with E-state index in [4.69, 9.17) is 17.3 Å². The van der Waals surface area contributed by atoms with Crippen LogP contribution in [0, 0.1) is 5.92 Å². The highest BCUT2D eigenvalue weighted by molar-refractivity contribution is 7.89. The number of rotatable bonds is 5. The fraction of sp³-hybridized carbons (Fsp3) is 0.400. The molecular weight excluding hydrogens is 278 g/mol. The van der Waals surface area contributed by atoms with Crippen LogP contribution < -0.4 is 10.5 Å². The number of pyridine rings is 1. The highest BCUT2D eigenvalue weighted by Crippen LogP contribution is 2.20. The molecule has 1 unspecified atom stereocenters. The first-order valence-corrected chi connectivity index (χ1v) is 7.03. The van der Waals surface area contributed by atoms with Gasteiger partial charge in [0.15, 0.2) is 0 Å². The van der Waals surface area contributed by atoms with Crippen LogP contribution in [0.2, 0.25) is 5.02 Å². The molecule has 0 bridgehead atoms. The van der Waals surface area contributed by atoms with E-state index in [9.17, 15) is 13.2 Å². The Hall–Kier alpha value is -1.18. The average Bonchev–Trinajstić information content (AvgIpc) is 2.25. The van der Waals surface area contributed by atoms with Gasteiger partial charge in [0.05, 0.1) is 5.02 Å². The summed E-state index contributed by atoms with van der Waals surface area (Å²) in [6, 6.07) is 0.358. The molecule has 0 aromatic carbocycles. The molecule has 0 aliphatic rings. The molecule has 1 rings (SSSR count). The van der Waals surface area contributed by atoms with Gasteiger partial charge in [0.1, 0.15) is 10.9 Å². The van der Waals surface area contributed by atoms with Crippen molar-refractivity contribution in [2.45, 2.75) is 24.8 Å². The minimum atomic E-state index is -3.93. The van der Waals surface area contributed by atoms with Gasteiger partial charge in [-0.15, -0.1) is 0 Å². The lowest BCUT2D eigenvalue weighted by Crippen LogP contribution is -2.47. The van der Waals surface area contributed by atoms with Crippen molar-refractivity contribution in [3.63, 3.8) is 0 Å². The fourth-order valence-electron chi connectivity index (χ4n) is 1.31. The summed E-state index contributed by atoms with van der Waals surface area (Å²) in [7, 11) is -3.93. The molecule has 1 amide bonds. The molecule has 0 spiro atoms. The van der Waals surface area contributed by atoms with Gasteiger partial charge in [-0.25, -0.2) is 8.42 Å². The summed E-state index contributed by atoms with van der Waals surface area (Å²) in [5.74, 6) is -1.01. The highest BCUT2D eigenvalue weighted by atomic mass is 35.5. The number of primary amides is 1. The number of amides is 1. The molecule has 0 aliphatic carbocycles. The van der Waals surface area contributed by atoms with Gasteiger partial charge < -0.3 is 5.73 Å². The Morgan fingerprint density at radius 3 is 2.56 bits per heavy atom. The monoisotopic (exact) mass is 291 g/mol. The first kappa shape index (κ1) is 14.9. The molecule has 1 atom stereocenters. The molecule has 3 N–H and O–H groups in total. The molecule has 100 valence electrons. The molecule has 8 heteroatoms. The molecule has 1 aromatic rings. The van der Waals surface area contributed by atoms with E-state index in [-0.39, 0.29) is 15.8 Å². The number of halogens is 1. The Balaban J connectivity index is 3.09. The average molecular weight is 292 g/mol. The largest absolute Gasteiger partial charge is 0.368 e. The third-order valence-electron chi connectivity index (χ3n) is 2.28. The number of hydrogen-bond acceptors (Lipinski definition) is 4. The summed E-state index contributed by atoms with van der Waals surface area (Å²) < 4.78 is 26.3. The lowest BCUT2D eigenvalue weighted by atomic mass is 10.1. The summed E-state index contributed by atoms with van der Waals surface area (Å²) in [6.45, 7) is 3.37. The van der Waals surface area contributed by atoms with Crippen molar-refractivity contribution in [3.05, 3.63) is 23.5 Å². The predicted molar refractivity (Wildman–Crippen MR) is 67.4 cm³/mol. The molecule has 6 nitrogen and oxygen atoms in total. The van der Waals surface area contributed by atoms with E-state index in [0.717, 1.165) is 6.20 Å². The molecule has 1 aromatic heterocycles. The smallest absolute Gasteiger partial charge is 0.244 e. The summed E-state index contributed by atoms with van der Waals surface area (Å²) >= 11 is 5.78. The normalized spacial score (nSPS) is 13.6. The first-order valence-electron chi connectivity index (χ1n) is 5.17. The second-order valence-corrected chi connectivity index (χ2v) is 6.14. The maximum Gasteiger partial charge on any atom is 0.244 e. The van der Waals surface area contributed by atoms with Crippen LogP contribution in [0.5, 0.6) is 0 Å². The van der Waals surface area contributed by atoms with Crippen molar-refractivity contribution in [2.24, 2.45) is 11.7 Å². The number of nitrogens with zero attached hydrogens (tertiary/aromatic N) is 1. The highest BCUT2D eigenvalue weighted by Gasteiger charge is 2.27. The number of nitrogens with two attached hydrogens (primary N) is 1. The summed E-state index contributed by atoms with van der Waals surface area (Å²) in [4.78, 5) is 14.7. The molecule has 0 radical (unpaired) electrons. The lowest BCUT2D eigenvalue weighted by Gasteiger charge is -2.19. The van der Waals surface area contributed by atoms with Crippen molar-refractivity contribution in [3.8, 4) is 0 Å². The lowest BCUT2D eigenvalue weighted by molar-refractivity contribution is -0.120. The molecule has 0 saturated carbocycles. The predicted octanol–water partition coefficient (Wildman–Crippen LogP) is 0.523. The molecule has 1 heterocycles. The SMILES string of the molecule is CC(C)C(NS(=O)(=O)c1cnccc1Cl)C(N)=O. The van der Waals surface area contributed by atoms with Gasteiger partial charge in [-0.3, -0.25) is 9.78 Å². The van der Waals surface area contributed by atoms with Crippen molar-refractivity contribution in [1.29, 1.82) is 0 Å². The molecule has 0 aliphatic heterocycles. The van der Waals surface area contributed by atoms with Crippen molar-refractivity contribution in [1.82, 2.24) is 9.71 Å². The van der Waals surface area contributed by atoms with Crippen LogP contribution in [0.4, 0.5) is 0 Å². The fourth-order valence-corrected chi connectivity index (χ4v) is 3.10. The Kier molecular flexibility index (Phi) is 4.66. The third-order valence-corrected chi connectivity index (χ3v) is 4.19. The number of carbonyl (C=O) groups is 1. The molecular formula is C10H14ClN3O3S. The van der Waals surface area contributed by atoms with E-state index < -0.39 is 22.0 Å². The van der Waals surface area contributed by atoms with Crippen LogP contribution in [-0.4, -0.2) is 25.4 Å². The number of aromatic nitrogens is 1.